The zero-order chi connectivity index (χ0) is 16.3. The minimum atomic E-state index is 0.851. The molecule has 6 heteroatoms. The van der Waals surface area contributed by atoms with Gasteiger partial charge in [0, 0.05) is 13.1 Å². The molecule has 2 aromatic carbocycles. The molecule has 0 radical (unpaired) electrons. The van der Waals surface area contributed by atoms with Gasteiger partial charge < -0.3 is 9.80 Å². The van der Waals surface area contributed by atoms with Gasteiger partial charge in [-0.3, -0.25) is 0 Å². The second-order valence-electron chi connectivity index (χ2n) is 5.89. The molecule has 0 amide bonds. The van der Waals surface area contributed by atoms with Gasteiger partial charge in [0.2, 0.25) is 11.9 Å². The minimum absolute atomic E-state index is 0.851. The molecule has 0 aromatic heterocycles. The number of para-hydroxylation sites is 4. The van der Waals surface area contributed by atoms with Crippen LogP contribution in [0.2, 0.25) is 0 Å². The predicted octanol–water partition coefficient (Wildman–Crippen LogP) is 3.24. The van der Waals surface area contributed by atoms with Crippen LogP contribution in [-0.2, 0) is 0 Å². The summed E-state index contributed by atoms with van der Waals surface area (Å²) < 4.78 is 0. The summed E-state index contributed by atoms with van der Waals surface area (Å²) in [5.41, 5.74) is 4.47. The lowest BCUT2D eigenvalue weighted by Crippen LogP contribution is -2.47. The Morgan fingerprint density at radius 1 is 0.625 bits per heavy atom. The van der Waals surface area contributed by atoms with Crippen LogP contribution >= 0.6 is 0 Å². The van der Waals surface area contributed by atoms with Gasteiger partial charge in [-0.1, -0.05) is 24.3 Å². The molecule has 3 heterocycles. The number of rotatable bonds is 2. The highest BCUT2D eigenvalue weighted by Gasteiger charge is 2.41. The fraction of sp³-hybridized carbons (Fsp3) is 0.222. The van der Waals surface area contributed by atoms with E-state index in [1.807, 2.05) is 22.2 Å². The third kappa shape index (κ3) is 1.55. The topological polar surface area (TPSA) is 37.7 Å². The highest BCUT2D eigenvalue weighted by atomic mass is 15.7. The van der Waals surface area contributed by atoms with Gasteiger partial charge in [0.25, 0.3) is 0 Å². The highest BCUT2D eigenvalue weighted by Crippen LogP contribution is 2.43. The quantitative estimate of drug-likeness (QED) is 0.852. The summed E-state index contributed by atoms with van der Waals surface area (Å²) in [5, 5.41) is 13.8. The Balaban J connectivity index is 1.70. The van der Waals surface area contributed by atoms with Gasteiger partial charge in [-0.15, -0.1) is 10.2 Å². The van der Waals surface area contributed by atoms with Crippen molar-refractivity contribution in [3.63, 3.8) is 0 Å². The normalized spacial score (nSPS) is 17.2. The maximum absolute atomic E-state index is 4.94. The SMILES string of the molecule is CCN1C2=NN3C(=NN2c2ccccc21)N(CC)c1ccccc13. The highest BCUT2D eigenvalue weighted by molar-refractivity contribution is 6.24. The Kier molecular flexibility index (Phi) is 2.65. The fourth-order valence-corrected chi connectivity index (χ4v) is 3.59. The van der Waals surface area contributed by atoms with Crippen molar-refractivity contribution in [1.82, 2.24) is 0 Å². The third-order valence-electron chi connectivity index (χ3n) is 4.67. The van der Waals surface area contributed by atoms with E-state index in [2.05, 4.69) is 60.0 Å². The number of guanidine groups is 2. The molecule has 6 nitrogen and oxygen atoms in total. The first-order valence-corrected chi connectivity index (χ1v) is 8.34. The maximum atomic E-state index is 4.94. The van der Waals surface area contributed by atoms with E-state index in [-0.39, 0.29) is 0 Å². The van der Waals surface area contributed by atoms with Crippen molar-refractivity contribution in [3.8, 4) is 0 Å². The minimum Gasteiger partial charge on any atom is -0.307 e. The molecule has 0 saturated heterocycles. The average Bonchev–Trinajstić information content (AvgIpc) is 3.11. The molecule has 0 bridgehead atoms. The predicted molar refractivity (Wildman–Crippen MR) is 98.8 cm³/mol. The van der Waals surface area contributed by atoms with E-state index < -0.39 is 0 Å². The molecule has 24 heavy (non-hydrogen) atoms. The van der Waals surface area contributed by atoms with Gasteiger partial charge in [0.05, 0.1) is 22.7 Å². The van der Waals surface area contributed by atoms with E-state index >= 15 is 0 Å². The van der Waals surface area contributed by atoms with Gasteiger partial charge in [-0.2, -0.15) is 10.0 Å². The van der Waals surface area contributed by atoms with Crippen molar-refractivity contribution in [1.29, 1.82) is 0 Å². The Morgan fingerprint density at radius 2 is 1.00 bits per heavy atom. The summed E-state index contributed by atoms with van der Waals surface area (Å²) in [6, 6.07) is 16.6. The monoisotopic (exact) mass is 318 g/mol. The van der Waals surface area contributed by atoms with Gasteiger partial charge in [0.15, 0.2) is 0 Å². The molecular formula is C18H18N6. The van der Waals surface area contributed by atoms with E-state index in [1.54, 1.807) is 0 Å². The number of hydrogen-bond donors (Lipinski definition) is 0. The summed E-state index contributed by atoms with van der Waals surface area (Å²) in [6.45, 7) is 5.98. The third-order valence-corrected chi connectivity index (χ3v) is 4.67. The van der Waals surface area contributed by atoms with E-state index in [1.165, 1.54) is 0 Å². The summed E-state index contributed by atoms with van der Waals surface area (Å²) in [7, 11) is 0. The van der Waals surface area contributed by atoms with E-state index in [9.17, 15) is 0 Å². The van der Waals surface area contributed by atoms with Gasteiger partial charge >= 0.3 is 0 Å². The molecule has 0 unspecified atom stereocenters. The van der Waals surface area contributed by atoms with Gasteiger partial charge in [-0.25, -0.2) is 0 Å². The number of fused-ring (bicyclic) bond motifs is 6. The van der Waals surface area contributed by atoms with Gasteiger partial charge in [-0.05, 0) is 38.1 Å². The smallest absolute Gasteiger partial charge is 0.250 e. The van der Waals surface area contributed by atoms with Crippen LogP contribution in [0.15, 0.2) is 58.7 Å². The fourth-order valence-electron chi connectivity index (χ4n) is 3.59. The molecular weight excluding hydrogens is 300 g/mol. The summed E-state index contributed by atoms with van der Waals surface area (Å²) in [4.78, 5) is 4.40. The van der Waals surface area contributed by atoms with Crippen molar-refractivity contribution < 1.29 is 0 Å². The van der Waals surface area contributed by atoms with E-state index in [4.69, 9.17) is 10.2 Å². The molecule has 3 aliphatic heterocycles. The number of hydrazone groups is 2. The molecule has 5 rings (SSSR count). The van der Waals surface area contributed by atoms with Crippen molar-refractivity contribution >= 4 is 34.7 Å². The second kappa shape index (κ2) is 4.74. The van der Waals surface area contributed by atoms with Crippen LogP contribution in [0.3, 0.4) is 0 Å². The van der Waals surface area contributed by atoms with Crippen LogP contribution in [0.5, 0.6) is 0 Å². The van der Waals surface area contributed by atoms with Crippen LogP contribution in [0, 0.1) is 0 Å². The Morgan fingerprint density at radius 3 is 1.38 bits per heavy atom. The molecule has 0 fully saturated rings. The van der Waals surface area contributed by atoms with Crippen molar-refractivity contribution in [2.75, 3.05) is 32.9 Å². The van der Waals surface area contributed by atoms with Crippen molar-refractivity contribution in [2.45, 2.75) is 13.8 Å². The van der Waals surface area contributed by atoms with Gasteiger partial charge in [0.1, 0.15) is 0 Å². The summed E-state index contributed by atoms with van der Waals surface area (Å²) >= 11 is 0. The van der Waals surface area contributed by atoms with Crippen LogP contribution in [0.4, 0.5) is 22.7 Å². The van der Waals surface area contributed by atoms with Crippen LogP contribution < -0.4 is 19.8 Å². The lowest BCUT2D eigenvalue weighted by molar-refractivity contribution is 0.947. The zero-order valence-corrected chi connectivity index (χ0v) is 13.7. The number of anilines is 4. The molecule has 120 valence electrons. The molecule has 0 saturated carbocycles. The molecule has 3 aliphatic rings. The van der Waals surface area contributed by atoms with Crippen LogP contribution in [0.1, 0.15) is 13.8 Å². The lowest BCUT2D eigenvalue weighted by Gasteiger charge is -2.28. The van der Waals surface area contributed by atoms with Crippen LogP contribution in [-0.4, -0.2) is 25.0 Å². The average molecular weight is 318 g/mol. The Hall–Kier alpha value is -3.02. The van der Waals surface area contributed by atoms with Crippen molar-refractivity contribution in [3.05, 3.63) is 48.5 Å². The van der Waals surface area contributed by atoms with Crippen molar-refractivity contribution in [2.24, 2.45) is 10.2 Å². The number of hydrogen-bond acceptors (Lipinski definition) is 6. The first kappa shape index (κ1) is 13.4. The molecule has 0 N–H and O–H groups in total. The number of nitrogens with zero attached hydrogens (tertiary/aromatic N) is 6. The lowest BCUT2D eigenvalue weighted by atomic mass is 10.2. The second-order valence-corrected chi connectivity index (χ2v) is 5.89. The largest absolute Gasteiger partial charge is 0.307 e. The first-order chi connectivity index (χ1) is 11.8. The Labute approximate surface area is 140 Å². The van der Waals surface area contributed by atoms with E-state index in [0.717, 1.165) is 47.8 Å². The molecule has 0 spiro atoms. The summed E-state index contributed by atoms with van der Waals surface area (Å²) in [6.07, 6.45) is 0. The van der Waals surface area contributed by atoms with E-state index in [0.29, 0.717) is 0 Å². The zero-order valence-electron chi connectivity index (χ0n) is 13.7. The maximum Gasteiger partial charge on any atom is 0.250 e. The first-order valence-electron chi connectivity index (χ1n) is 8.34. The number of benzene rings is 2. The standard InChI is InChI=1S/C18H18N6/c1-3-21-13-9-5-7-11-15(13)23-17(21)19-24-16-12-8-6-10-14(16)22(4-2)18(24)20-23/h5-12H,3-4H2,1-2H3. The molecule has 0 aliphatic carbocycles. The summed E-state index contributed by atoms with van der Waals surface area (Å²) in [5.74, 6) is 1.71. The Bertz CT molecular complexity index is 813. The van der Waals surface area contributed by atoms with Crippen LogP contribution in [0.25, 0.3) is 0 Å². The molecule has 2 aromatic rings. The molecule has 0 atom stereocenters.